The number of nitrogens with one attached hydrogen (secondary N) is 1. The second-order valence-electron chi connectivity index (χ2n) is 4.13. The Morgan fingerprint density at radius 3 is 2.72 bits per heavy atom. The van der Waals surface area contributed by atoms with E-state index in [4.69, 9.17) is 4.74 Å². The van der Waals surface area contributed by atoms with E-state index in [1.54, 1.807) is 12.3 Å². The second-order valence-corrected chi connectivity index (χ2v) is 4.13. The maximum atomic E-state index is 12.7. The molecule has 1 unspecified atom stereocenters. The highest BCUT2D eigenvalue weighted by atomic mass is 19.4. The summed E-state index contributed by atoms with van der Waals surface area (Å²) in [6.45, 7) is 0.372. The molecule has 0 spiro atoms. The standard InChI is InChI=1S/C13H14F3NO/c14-13(15,16)11-6-1-2-7-12(11)17-9-10-5-3-4-8-18-10/h1-2,4,6-8,10,17H,3,5,9H2. The van der Waals surface area contributed by atoms with Crippen molar-refractivity contribution in [3.8, 4) is 0 Å². The van der Waals surface area contributed by atoms with Crippen LogP contribution in [0.5, 0.6) is 0 Å². The number of allylic oxidation sites excluding steroid dienone is 1. The maximum Gasteiger partial charge on any atom is 0.418 e. The summed E-state index contributed by atoms with van der Waals surface area (Å²) in [5, 5.41) is 2.81. The third-order valence-corrected chi connectivity index (χ3v) is 2.78. The molecule has 0 fully saturated rings. The highest BCUT2D eigenvalue weighted by Crippen LogP contribution is 2.34. The van der Waals surface area contributed by atoms with Crippen molar-refractivity contribution in [3.63, 3.8) is 0 Å². The first kappa shape index (κ1) is 12.8. The summed E-state index contributed by atoms with van der Waals surface area (Å²) in [6.07, 6.45) is 0.810. The van der Waals surface area contributed by atoms with Gasteiger partial charge in [0.05, 0.1) is 18.4 Å². The van der Waals surface area contributed by atoms with E-state index in [2.05, 4.69) is 5.32 Å². The molecule has 1 atom stereocenters. The Bertz CT molecular complexity index is 428. The van der Waals surface area contributed by atoms with Crippen molar-refractivity contribution < 1.29 is 17.9 Å². The van der Waals surface area contributed by atoms with Gasteiger partial charge in [-0.2, -0.15) is 13.2 Å². The van der Waals surface area contributed by atoms with E-state index in [0.717, 1.165) is 18.9 Å². The van der Waals surface area contributed by atoms with Crippen LogP contribution in [0.2, 0.25) is 0 Å². The number of para-hydroxylation sites is 1. The Hall–Kier alpha value is -1.65. The lowest BCUT2D eigenvalue weighted by atomic mass is 10.1. The molecule has 0 aromatic heterocycles. The van der Waals surface area contributed by atoms with Gasteiger partial charge in [-0.3, -0.25) is 0 Å². The van der Waals surface area contributed by atoms with Crippen molar-refractivity contribution in [2.24, 2.45) is 0 Å². The number of ether oxygens (including phenoxy) is 1. The molecule has 0 amide bonds. The van der Waals surface area contributed by atoms with Crippen LogP contribution in [0, 0.1) is 0 Å². The first-order valence-corrected chi connectivity index (χ1v) is 5.78. The SMILES string of the molecule is FC(F)(F)c1ccccc1NCC1CCC=CO1. The molecular weight excluding hydrogens is 243 g/mol. The van der Waals surface area contributed by atoms with Crippen molar-refractivity contribution in [1.29, 1.82) is 0 Å². The zero-order valence-corrected chi connectivity index (χ0v) is 9.70. The average molecular weight is 257 g/mol. The molecule has 1 heterocycles. The van der Waals surface area contributed by atoms with Crippen LogP contribution in [0.15, 0.2) is 36.6 Å². The van der Waals surface area contributed by atoms with Gasteiger partial charge in [0.25, 0.3) is 0 Å². The lowest BCUT2D eigenvalue weighted by Crippen LogP contribution is -2.24. The number of benzene rings is 1. The van der Waals surface area contributed by atoms with Crippen LogP contribution in [-0.2, 0) is 10.9 Å². The van der Waals surface area contributed by atoms with Crippen LogP contribution in [0.25, 0.3) is 0 Å². The topological polar surface area (TPSA) is 21.3 Å². The minimum Gasteiger partial charge on any atom is -0.497 e. The summed E-state index contributed by atoms with van der Waals surface area (Å²) < 4.78 is 43.5. The summed E-state index contributed by atoms with van der Waals surface area (Å²) >= 11 is 0. The van der Waals surface area contributed by atoms with Crippen LogP contribution >= 0.6 is 0 Å². The summed E-state index contributed by atoms with van der Waals surface area (Å²) in [7, 11) is 0. The van der Waals surface area contributed by atoms with E-state index in [-0.39, 0.29) is 11.8 Å². The summed E-state index contributed by atoms with van der Waals surface area (Å²) in [5.41, 5.74) is -0.542. The van der Waals surface area contributed by atoms with Gasteiger partial charge in [0.15, 0.2) is 0 Å². The molecule has 2 nitrogen and oxygen atoms in total. The number of halogens is 3. The minimum absolute atomic E-state index is 0.0729. The number of hydrogen-bond acceptors (Lipinski definition) is 2. The Balaban J connectivity index is 2.03. The Kier molecular flexibility index (Phi) is 3.79. The molecule has 0 saturated carbocycles. The fraction of sp³-hybridized carbons (Fsp3) is 0.385. The van der Waals surface area contributed by atoms with Gasteiger partial charge >= 0.3 is 6.18 Å². The van der Waals surface area contributed by atoms with Gasteiger partial charge in [0, 0.05) is 5.69 Å². The Morgan fingerprint density at radius 2 is 2.06 bits per heavy atom. The average Bonchev–Trinajstić information content (AvgIpc) is 2.37. The molecular formula is C13H14F3NO. The fourth-order valence-electron chi connectivity index (χ4n) is 1.84. The van der Waals surface area contributed by atoms with Crippen molar-refractivity contribution in [2.75, 3.05) is 11.9 Å². The van der Waals surface area contributed by atoms with E-state index in [9.17, 15) is 13.2 Å². The van der Waals surface area contributed by atoms with Gasteiger partial charge in [0.2, 0.25) is 0 Å². The van der Waals surface area contributed by atoms with Gasteiger partial charge in [-0.25, -0.2) is 0 Å². The summed E-state index contributed by atoms with van der Waals surface area (Å²) in [4.78, 5) is 0. The molecule has 18 heavy (non-hydrogen) atoms. The summed E-state index contributed by atoms with van der Waals surface area (Å²) in [5.74, 6) is 0. The smallest absolute Gasteiger partial charge is 0.418 e. The fourth-order valence-corrected chi connectivity index (χ4v) is 1.84. The molecule has 0 saturated heterocycles. The van der Waals surface area contributed by atoms with Crippen molar-refractivity contribution in [1.82, 2.24) is 0 Å². The van der Waals surface area contributed by atoms with Crippen LogP contribution in [0.3, 0.4) is 0 Å². The molecule has 1 aliphatic heterocycles. The van der Waals surface area contributed by atoms with E-state index in [0.29, 0.717) is 6.54 Å². The molecule has 0 radical (unpaired) electrons. The normalized spacial score (nSPS) is 19.4. The van der Waals surface area contributed by atoms with E-state index >= 15 is 0 Å². The third-order valence-electron chi connectivity index (χ3n) is 2.78. The molecule has 5 heteroatoms. The van der Waals surface area contributed by atoms with E-state index in [1.807, 2.05) is 6.08 Å². The monoisotopic (exact) mass is 257 g/mol. The van der Waals surface area contributed by atoms with E-state index < -0.39 is 11.7 Å². The predicted octanol–water partition coefficient (Wildman–Crippen LogP) is 3.81. The molecule has 1 N–H and O–H groups in total. The lowest BCUT2D eigenvalue weighted by molar-refractivity contribution is -0.137. The van der Waals surface area contributed by atoms with Gasteiger partial charge in [-0.15, -0.1) is 0 Å². The minimum atomic E-state index is -4.34. The molecule has 0 bridgehead atoms. The van der Waals surface area contributed by atoms with Crippen LogP contribution in [0.1, 0.15) is 18.4 Å². The molecule has 0 aliphatic carbocycles. The van der Waals surface area contributed by atoms with Gasteiger partial charge < -0.3 is 10.1 Å². The second kappa shape index (κ2) is 5.33. The van der Waals surface area contributed by atoms with E-state index in [1.165, 1.54) is 12.1 Å². The number of alkyl halides is 3. The van der Waals surface area contributed by atoms with Crippen LogP contribution in [-0.4, -0.2) is 12.6 Å². The summed E-state index contributed by atoms with van der Waals surface area (Å²) in [6, 6.07) is 5.47. The predicted molar refractivity (Wildman–Crippen MR) is 63.2 cm³/mol. The Morgan fingerprint density at radius 1 is 1.28 bits per heavy atom. The van der Waals surface area contributed by atoms with Gasteiger partial charge in [-0.05, 0) is 31.1 Å². The zero-order chi connectivity index (χ0) is 13.0. The third kappa shape index (κ3) is 3.18. The molecule has 1 aliphatic rings. The Labute approximate surface area is 103 Å². The number of hydrogen-bond donors (Lipinski definition) is 1. The molecule has 98 valence electrons. The van der Waals surface area contributed by atoms with Gasteiger partial charge in [0.1, 0.15) is 6.10 Å². The number of anilines is 1. The first-order chi connectivity index (χ1) is 8.57. The largest absolute Gasteiger partial charge is 0.497 e. The lowest BCUT2D eigenvalue weighted by Gasteiger charge is -2.21. The van der Waals surface area contributed by atoms with Crippen molar-refractivity contribution in [2.45, 2.75) is 25.1 Å². The first-order valence-electron chi connectivity index (χ1n) is 5.78. The highest BCUT2D eigenvalue weighted by Gasteiger charge is 2.33. The highest BCUT2D eigenvalue weighted by molar-refractivity contribution is 5.52. The molecule has 1 aromatic rings. The molecule has 2 rings (SSSR count). The quantitative estimate of drug-likeness (QED) is 0.889. The van der Waals surface area contributed by atoms with Crippen molar-refractivity contribution >= 4 is 5.69 Å². The van der Waals surface area contributed by atoms with Gasteiger partial charge in [-0.1, -0.05) is 12.1 Å². The van der Waals surface area contributed by atoms with Crippen LogP contribution in [0.4, 0.5) is 18.9 Å². The van der Waals surface area contributed by atoms with Crippen molar-refractivity contribution in [3.05, 3.63) is 42.2 Å². The number of rotatable bonds is 3. The maximum absolute atomic E-state index is 12.7. The molecule has 1 aromatic carbocycles. The van der Waals surface area contributed by atoms with Crippen LogP contribution < -0.4 is 5.32 Å². The zero-order valence-electron chi connectivity index (χ0n) is 9.70.